The number of nitrogens with two attached hydrogens (primary N) is 1. The largest absolute Gasteiger partial charge is 0.329 e. The molecule has 1 saturated heterocycles. The molecule has 0 amide bonds. The number of hydrogen-bond donors (Lipinski definition) is 1. The van der Waals surface area contributed by atoms with E-state index in [-0.39, 0.29) is 0 Å². The van der Waals surface area contributed by atoms with E-state index in [1.54, 1.807) is 0 Å². The summed E-state index contributed by atoms with van der Waals surface area (Å²) in [6, 6.07) is 0.936. The summed E-state index contributed by atoms with van der Waals surface area (Å²) in [6.07, 6.45) is 5.56. The lowest BCUT2D eigenvalue weighted by atomic mass is 9.63. The Morgan fingerprint density at radius 1 is 1.11 bits per heavy atom. The minimum Gasteiger partial charge on any atom is -0.329 e. The molecule has 3 aliphatic rings. The highest BCUT2D eigenvalue weighted by Crippen LogP contribution is 2.46. The fraction of sp³-hybridized carbons (Fsp3) is 1.00. The number of rotatable bonds is 4. The molecule has 2 N–H and O–H groups in total. The Morgan fingerprint density at radius 2 is 1.72 bits per heavy atom. The normalized spacial score (nSPS) is 39.0. The SMILES string of the molecule is CC(C)C1CC(CN)(N2CCN(C3CC3)CC2)C1. The monoisotopic (exact) mass is 251 g/mol. The van der Waals surface area contributed by atoms with Gasteiger partial charge < -0.3 is 5.73 Å². The molecular weight excluding hydrogens is 222 g/mol. The average Bonchev–Trinajstić information content (AvgIpc) is 3.13. The van der Waals surface area contributed by atoms with E-state index in [0.717, 1.165) is 24.4 Å². The molecule has 2 aliphatic carbocycles. The Labute approximate surface area is 112 Å². The molecule has 3 heteroatoms. The van der Waals surface area contributed by atoms with E-state index < -0.39 is 0 Å². The first-order valence-corrected chi connectivity index (χ1v) is 7.84. The maximum atomic E-state index is 6.11. The Hall–Kier alpha value is -0.120. The van der Waals surface area contributed by atoms with Gasteiger partial charge >= 0.3 is 0 Å². The van der Waals surface area contributed by atoms with Crippen molar-refractivity contribution in [3.05, 3.63) is 0 Å². The van der Waals surface area contributed by atoms with Crippen molar-refractivity contribution in [2.45, 2.75) is 51.1 Å². The van der Waals surface area contributed by atoms with Crippen molar-refractivity contribution < 1.29 is 0 Å². The second-order valence-corrected chi connectivity index (χ2v) is 7.10. The molecule has 2 saturated carbocycles. The zero-order chi connectivity index (χ0) is 12.8. The van der Waals surface area contributed by atoms with Crippen molar-refractivity contribution in [1.82, 2.24) is 9.80 Å². The summed E-state index contributed by atoms with van der Waals surface area (Å²) < 4.78 is 0. The van der Waals surface area contributed by atoms with E-state index in [9.17, 15) is 0 Å². The minimum atomic E-state index is 0.366. The van der Waals surface area contributed by atoms with E-state index >= 15 is 0 Å². The van der Waals surface area contributed by atoms with Crippen LogP contribution in [0.5, 0.6) is 0 Å². The standard InChI is InChI=1S/C15H29N3/c1-12(2)13-9-15(10-13,11-16)18-7-5-17(6-8-18)14-3-4-14/h12-14H,3-11,16H2,1-2H3. The quantitative estimate of drug-likeness (QED) is 0.822. The zero-order valence-electron chi connectivity index (χ0n) is 12.1. The summed E-state index contributed by atoms with van der Waals surface area (Å²) in [5, 5.41) is 0. The maximum Gasteiger partial charge on any atom is 0.0338 e. The lowest BCUT2D eigenvalue weighted by molar-refractivity contribution is -0.0579. The third kappa shape index (κ3) is 2.21. The second-order valence-electron chi connectivity index (χ2n) is 7.10. The van der Waals surface area contributed by atoms with Crippen LogP contribution in [0.15, 0.2) is 0 Å². The van der Waals surface area contributed by atoms with Crippen molar-refractivity contribution in [2.75, 3.05) is 32.7 Å². The minimum absolute atomic E-state index is 0.366. The van der Waals surface area contributed by atoms with Crippen LogP contribution < -0.4 is 5.73 Å². The molecule has 3 fully saturated rings. The average molecular weight is 251 g/mol. The summed E-state index contributed by atoms with van der Waals surface area (Å²) in [4.78, 5) is 5.41. The predicted molar refractivity (Wildman–Crippen MR) is 75.5 cm³/mol. The number of hydrogen-bond acceptors (Lipinski definition) is 3. The summed E-state index contributed by atoms with van der Waals surface area (Å²) in [5.41, 5.74) is 6.48. The van der Waals surface area contributed by atoms with Gasteiger partial charge in [0.1, 0.15) is 0 Å². The van der Waals surface area contributed by atoms with Crippen molar-refractivity contribution >= 4 is 0 Å². The lowest BCUT2D eigenvalue weighted by Crippen LogP contribution is -2.66. The highest BCUT2D eigenvalue weighted by atomic mass is 15.3. The van der Waals surface area contributed by atoms with Crippen LogP contribution in [-0.2, 0) is 0 Å². The van der Waals surface area contributed by atoms with Gasteiger partial charge in [-0.2, -0.15) is 0 Å². The Bertz CT molecular complexity index is 284. The van der Waals surface area contributed by atoms with Gasteiger partial charge in [0, 0.05) is 44.3 Å². The first-order valence-electron chi connectivity index (χ1n) is 7.84. The summed E-state index contributed by atoms with van der Waals surface area (Å²) >= 11 is 0. The van der Waals surface area contributed by atoms with E-state index in [1.807, 2.05) is 0 Å². The molecule has 18 heavy (non-hydrogen) atoms. The van der Waals surface area contributed by atoms with Gasteiger partial charge in [0.2, 0.25) is 0 Å². The van der Waals surface area contributed by atoms with Crippen LogP contribution in [0.3, 0.4) is 0 Å². The van der Waals surface area contributed by atoms with E-state index in [2.05, 4.69) is 23.6 Å². The van der Waals surface area contributed by atoms with Crippen LogP contribution in [0.1, 0.15) is 39.5 Å². The van der Waals surface area contributed by atoms with Crippen LogP contribution >= 0.6 is 0 Å². The molecule has 0 radical (unpaired) electrons. The fourth-order valence-electron chi connectivity index (χ4n) is 3.94. The zero-order valence-corrected chi connectivity index (χ0v) is 12.1. The van der Waals surface area contributed by atoms with Gasteiger partial charge in [0.25, 0.3) is 0 Å². The Morgan fingerprint density at radius 3 is 2.17 bits per heavy atom. The van der Waals surface area contributed by atoms with Crippen LogP contribution in [0.25, 0.3) is 0 Å². The highest BCUT2D eigenvalue weighted by molar-refractivity contribution is 5.05. The molecule has 0 aromatic rings. The molecule has 0 bridgehead atoms. The Kier molecular flexibility index (Phi) is 3.41. The third-order valence-electron chi connectivity index (χ3n) is 5.66. The second kappa shape index (κ2) is 4.77. The van der Waals surface area contributed by atoms with Crippen LogP contribution in [0.2, 0.25) is 0 Å². The molecule has 0 spiro atoms. The van der Waals surface area contributed by atoms with E-state index in [4.69, 9.17) is 5.73 Å². The van der Waals surface area contributed by atoms with Crippen LogP contribution in [0, 0.1) is 11.8 Å². The van der Waals surface area contributed by atoms with Crippen molar-refractivity contribution in [3.8, 4) is 0 Å². The van der Waals surface area contributed by atoms with Gasteiger partial charge in [-0.1, -0.05) is 13.8 Å². The van der Waals surface area contributed by atoms with E-state index in [1.165, 1.54) is 51.9 Å². The van der Waals surface area contributed by atoms with Gasteiger partial charge in [-0.05, 0) is 37.5 Å². The highest BCUT2D eigenvalue weighted by Gasteiger charge is 2.49. The molecule has 0 unspecified atom stereocenters. The van der Waals surface area contributed by atoms with Gasteiger partial charge in [-0.3, -0.25) is 9.80 Å². The van der Waals surface area contributed by atoms with Gasteiger partial charge in [0.15, 0.2) is 0 Å². The maximum absolute atomic E-state index is 6.11. The molecule has 1 heterocycles. The molecule has 1 aliphatic heterocycles. The van der Waals surface area contributed by atoms with E-state index in [0.29, 0.717) is 5.54 Å². The van der Waals surface area contributed by atoms with Crippen molar-refractivity contribution in [2.24, 2.45) is 17.6 Å². The number of piperazine rings is 1. The first-order chi connectivity index (χ1) is 8.64. The molecule has 3 nitrogen and oxygen atoms in total. The smallest absolute Gasteiger partial charge is 0.0338 e. The topological polar surface area (TPSA) is 32.5 Å². The Balaban J connectivity index is 1.54. The molecular formula is C15H29N3. The van der Waals surface area contributed by atoms with Crippen molar-refractivity contribution in [3.63, 3.8) is 0 Å². The summed E-state index contributed by atoms with van der Waals surface area (Å²) in [6.45, 7) is 10.6. The molecule has 0 atom stereocenters. The van der Waals surface area contributed by atoms with Gasteiger partial charge in [0.05, 0.1) is 0 Å². The number of nitrogens with zero attached hydrogens (tertiary/aromatic N) is 2. The van der Waals surface area contributed by atoms with Crippen molar-refractivity contribution in [1.29, 1.82) is 0 Å². The molecule has 3 rings (SSSR count). The lowest BCUT2D eigenvalue weighted by Gasteiger charge is -2.57. The third-order valence-corrected chi connectivity index (χ3v) is 5.66. The summed E-state index contributed by atoms with van der Waals surface area (Å²) in [5.74, 6) is 1.74. The molecule has 104 valence electrons. The molecule has 0 aromatic carbocycles. The fourth-order valence-corrected chi connectivity index (χ4v) is 3.94. The predicted octanol–water partition coefficient (Wildman–Crippen LogP) is 1.53. The van der Waals surface area contributed by atoms with Crippen LogP contribution in [-0.4, -0.2) is 54.1 Å². The summed E-state index contributed by atoms with van der Waals surface area (Å²) in [7, 11) is 0. The van der Waals surface area contributed by atoms with Gasteiger partial charge in [-0.25, -0.2) is 0 Å². The van der Waals surface area contributed by atoms with Gasteiger partial charge in [-0.15, -0.1) is 0 Å². The molecule has 0 aromatic heterocycles. The van der Waals surface area contributed by atoms with Crippen LogP contribution in [0.4, 0.5) is 0 Å². The first kappa shape index (κ1) is 12.9.